The van der Waals surface area contributed by atoms with Gasteiger partial charge in [0.05, 0.1) is 17.0 Å². The van der Waals surface area contributed by atoms with Gasteiger partial charge < -0.3 is 10.6 Å². The Morgan fingerprint density at radius 3 is 2.47 bits per heavy atom. The summed E-state index contributed by atoms with van der Waals surface area (Å²) in [5.41, 5.74) is -0.240. The molecule has 1 aliphatic rings. The summed E-state index contributed by atoms with van der Waals surface area (Å²) in [6.07, 6.45) is 5.94. The Balaban J connectivity index is 1.59. The molecule has 0 bridgehead atoms. The minimum Gasteiger partial charge on any atom is -0.355 e. The molecule has 4 nitrogen and oxygen atoms in total. The lowest BCUT2D eigenvalue weighted by atomic mass is 9.89. The molecule has 3 rings (SSSR count). The first kappa shape index (κ1) is 22.2. The molecule has 0 aliphatic heterocycles. The monoisotopic (exact) mass is 436 g/mol. The number of benzene rings is 2. The molecule has 8 heteroatoms. The van der Waals surface area contributed by atoms with Gasteiger partial charge in [-0.25, -0.2) is 13.2 Å². The Kier molecular flexibility index (Phi) is 7.79. The van der Waals surface area contributed by atoms with Crippen molar-refractivity contribution in [1.82, 2.24) is 5.32 Å². The third-order valence-electron chi connectivity index (χ3n) is 5.09. The van der Waals surface area contributed by atoms with Crippen LogP contribution in [0.3, 0.4) is 0 Å². The number of hydrogen-bond donors (Lipinski definition) is 2. The van der Waals surface area contributed by atoms with Gasteiger partial charge in [0.2, 0.25) is 5.91 Å². The van der Waals surface area contributed by atoms with Crippen LogP contribution in [0.4, 0.5) is 18.9 Å². The Morgan fingerprint density at radius 1 is 0.967 bits per heavy atom. The SMILES string of the molecule is O=C(CSc1ccccc1C(=O)Nc1ccc(F)c(F)c1F)NCC1CCCCC1. The summed E-state index contributed by atoms with van der Waals surface area (Å²) in [5.74, 6) is -4.58. The predicted molar refractivity (Wildman–Crippen MR) is 111 cm³/mol. The fourth-order valence-electron chi connectivity index (χ4n) is 3.44. The van der Waals surface area contributed by atoms with Crippen molar-refractivity contribution < 1.29 is 22.8 Å². The molecule has 1 aliphatic carbocycles. The van der Waals surface area contributed by atoms with Crippen LogP contribution in [0.2, 0.25) is 0 Å². The highest BCUT2D eigenvalue weighted by atomic mass is 32.2. The number of carbonyl (C=O) groups excluding carboxylic acids is 2. The molecule has 1 saturated carbocycles. The standard InChI is InChI=1S/C22H23F3N2O2S/c23-16-10-11-17(21(25)20(16)24)27-22(29)15-8-4-5-9-18(15)30-13-19(28)26-12-14-6-2-1-3-7-14/h4-5,8-11,14H,1-3,6-7,12-13H2,(H,26,28)(H,27,29). The second-order valence-corrected chi connectivity index (χ2v) is 8.29. The second-order valence-electron chi connectivity index (χ2n) is 7.27. The Hall–Kier alpha value is -2.48. The van der Waals surface area contributed by atoms with Crippen molar-refractivity contribution in [3.8, 4) is 0 Å². The fourth-order valence-corrected chi connectivity index (χ4v) is 4.32. The van der Waals surface area contributed by atoms with Crippen LogP contribution in [0, 0.1) is 23.4 Å². The van der Waals surface area contributed by atoms with Crippen molar-refractivity contribution in [2.75, 3.05) is 17.6 Å². The van der Waals surface area contributed by atoms with Crippen LogP contribution in [-0.2, 0) is 4.79 Å². The largest absolute Gasteiger partial charge is 0.355 e. The molecule has 2 N–H and O–H groups in total. The summed E-state index contributed by atoms with van der Waals surface area (Å²) in [4.78, 5) is 25.3. The van der Waals surface area contributed by atoms with Crippen LogP contribution in [0.1, 0.15) is 42.5 Å². The number of amides is 2. The van der Waals surface area contributed by atoms with E-state index in [9.17, 15) is 22.8 Å². The molecule has 160 valence electrons. The molecular weight excluding hydrogens is 413 g/mol. The first-order chi connectivity index (χ1) is 14.5. The van der Waals surface area contributed by atoms with Crippen LogP contribution in [0.25, 0.3) is 0 Å². The van der Waals surface area contributed by atoms with Crippen molar-refractivity contribution in [2.24, 2.45) is 5.92 Å². The number of carbonyl (C=O) groups is 2. The summed E-state index contributed by atoms with van der Waals surface area (Å²) in [6.45, 7) is 0.664. The minimum atomic E-state index is -1.65. The lowest BCUT2D eigenvalue weighted by Gasteiger charge is -2.21. The molecule has 0 heterocycles. The second kappa shape index (κ2) is 10.5. The fraction of sp³-hybridized carbons (Fsp3) is 0.364. The quantitative estimate of drug-likeness (QED) is 0.467. The van der Waals surface area contributed by atoms with E-state index in [0.717, 1.165) is 25.0 Å². The van der Waals surface area contributed by atoms with Gasteiger partial charge in [0.25, 0.3) is 5.91 Å². The maximum Gasteiger partial charge on any atom is 0.256 e. The van der Waals surface area contributed by atoms with Crippen LogP contribution >= 0.6 is 11.8 Å². The van der Waals surface area contributed by atoms with Crippen LogP contribution in [0.15, 0.2) is 41.3 Å². The number of rotatable bonds is 7. The summed E-state index contributed by atoms with van der Waals surface area (Å²) in [5, 5.41) is 5.20. The van der Waals surface area contributed by atoms with Gasteiger partial charge in [-0.3, -0.25) is 9.59 Å². The molecule has 30 heavy (non-hydrogen) atoms. The zero-order chi connectivity index (χ0) is 21.5. The normalized spacial score (nSPS) is 14.4. The third kappa shape index (κ3) is 5.78. The number of nitrogens with one attached hydrogen (secondary N) is 2. The molecule has 0 radical (unpaired) electrons. The molecule has 2 aromatic rings. The van der Waals surface area contributed by atoms with Crippen LogP contribution in [0.5, 0.6) is 0 Å². The van der Waals surface area contributed by atoms with Gasteiger partial charge in [-0.1, -0.05) is 31.4 Å². The Morgan fingerprint density at radius 2 is 1.70 bits per heavy atom. The molecule has 2 amide bonds. The highest BCUT2D eigenvalue weighted by Gasteiger charge is 2.19. The van der Waals surface area contributed by atoms with E-state index in [1.54, 1.807) is 18.2 Å². The average molecular weight is 436 g/mol. The van der Waals surface area contributed by atoms with E-state index in [-0.39, 0.29) is 17.2 Å². The Labute approximate surface area is 177 Å². The maximum absolute atomic E-state index is 13.8. The van der Waals surface area contributed by atoms with Crippen LogP contribution in [-0.4, -0.2) is 24.1 Å². The van der Waals surface area contributed by atoms with E-state index in [1.807, 2.05) is 0 Å². The molecule has 0 saturated heterocycles. The first-order valence-corrected chi connectivity index (χ1v) is 10.9. The third-order valence-corrected chi connectivity index (χ3v) is 6.16. The van der Waals surface area contributed by atoms with Crippen LogP contribution < -0.4 is 10.6 Å². The lowest BCUT2D eigenvalue weighted by molar-refractivity contribution is -0.118. The van der Waals surface area contributed by atoms with E-state index in [4.69, 9.17) is 0 Å². The van der Waals surface area contributed by atoms with Crippen molar-refractivity contribution in [1.29, 1.82) is 0 Å². The smallest absolute Gasteiger partial charge is 0.256 e. The zero-order valence-electron chi connectivity index (χ0n) is 16.3. The summed E-state index contributed by atoms with van der Waals surface area (Å²) in [7, 11) is 0. The molecule has 0 unspecified atom stereocenters. The predicted octanol–water partition coefficient (Wildman–Crippen LogP) is 5.14. The molecule has 0 aromatic heterocycles. The van der Waals surface area contributed by atoms with E-state index in [2.05, 4.69) is 10.6 Å². The average Bonchev–Trinajstić information content (AvgIpc) is 2.77. The van der Waals surface area contributed by atoms with E-state index >= 15 is 0 Å². The van der Waals surface area contributed by atoms with Crippen molar-refractivity contribution in [2.45, 2.75) is 37.0 Å². The van der Waals surface area contributed by atoms with Gasteiger partial charge in [-0.2, -0.15) is 0 Å². The molecule has 1 fully saturated rings. The van der Waals surface area contributed by atoms with Gasteiger partial charge in [-0.05, 0) is 43.0 Å². The number of thioether (sulfide) groups is 1. The molecule has 0 spiro atoms. The highest BCUT2D eigenvalue weighted by Crippen LogP contribution is 2.26. The molecule has 2 aromatic carbocycles. The molecule has 0 atom stereocenters. The number of anilines is 1. The molecular formula is C22H23F3N2O2S. The summed E-state index contributed by atoms with van der Waals surface area (Å²) >= 11 is 1.19. The highest BCUT2D eigenvalue weighted by molar-refractivity contribution is 8.00. The number of halogens is 3. The van der Waals surface area contributed by atoms with E-state index in [0.29, 0.717) is 17.4 Å². The minimum absolute atomic E-state index is 0.118. The lowest BCUT2D eigenvalue weighted by Crippen LogP contribution is -2.31. The van der Waals surface area contributed by atoms with Gasteiger partial charge >= 0.3 is 0 Å². The van der Waals surface area contributed by atoms with Crippen molar-refractivity contribution in [3.05, 3.63) is 59.4 Å². The summed E-state index contributed by atoms with van der Waals surface area (Å²) in [6, 6.07) is 8.25. The topological polar surface area (TPSA) is 58.2 Å². The Bertz CT molecular complexity index is 917. The zero-order valence-corrected chi connectivity index (χ0v) is 17.2. The van der Waals surface area contributed by atoms with Gasteiger partial charge in [-0.15, -0.1) is 11.8 Å². The van der Waals surface area contributed by atoms with Gasteiger partial charge in [0, 0.05) is 11.4 Å². The van der Waals surface area contributed by atoms with Crippen molar-refractivity contribution >= 4 is 29.3 Å². The van der Waals surface area contributed by atoms with E-state index < -0.39 is 29.0 Å². The maximum atomic E-state index is 13.8. The summed E-state index contributed by atoms with van der Waals surface area (Å²) < 4.78 is 40.3. The van der Waals surface area contributed by atoms with Crippen molar-refractivity contribution in [3.63, 3.8) is 0 Å². The van der Waals surface area contributed by atoms with Gasteiger partial charge in [0.1, 0.15) is 0 Å². The number of hydrogen-bond acceptors (Lipinski definition) is 3. The van der Waals surface area contributed by atoms with E-state index in [1.165, 1.54) is 37.1 Å². The van der Waals surface area contributed by atoms with Gasteiger partial charge in [0.15, 0.2) is 17.5 Å². The first-order valence-electron chi connectivity index (χ1n) is 9.89.